The van der Waals surface area contributed by atoms with Gasteiger partial charge in [0.2, 0.25) is 11.8 Å². The van der Waals surface area contributed by atoms with Crippen molar-refractivity contribution in [2.45, 2.75) is 70.0 Å². The molecule has 5 nitrogen and oxygen atoms in total. The quantitative estimate of drug-likeness (QED) is 0.485. The number of benzene rings is 2. The molecule has 1 aliphatic heterocycles. The van der Waals surface area contributed by atoms with Crippen LogP contribution in [0.15, 0.2) is 84.6 Å². The molecule has 0 bridgehead atoms. The standard InChI is InChI=1S/C32H36FN3O2/c1-23-11-6-7-17-28(23)30(31(38)34-26-14-4-3-5-15-26)36(27-16-10-13-25(33)21-27)29(37)22-35-20-18-24-12-8-9-19-32(24,35)2/h6-13,16-18,20-21,26,30H,3-5,14-15,19,22H2,1-2H3,(H,34,38). The van der Waals surface area contributed by atoms with E-state index in [1.165, 1.54) is 23.5 Å². The topological polar surface area (TPSA) is 52.7 Å². The maximum absolute atomic E-state index is 14.5. The number of aryl methyl sites for hydroxylation is 1. The number of carbonyl (C=O) groups is 2. The van der Waals surface area contributed by atoms with Crippen LogP contribution in [0.4, 0.5) is 10.1 Å². The molecule has 198 valence electrons. The summed E-state index contributed by atoms with van der Waals surface area (Å²) in [5.74, 6) is -0.940. The number of rotatable bonds is 7. The van der Waals surface area contributed by atoms with Gasteiger partial charge in [0.05, 0.1) is 12.1 Å². The van der Waals surface area contributed by atoms with Crippen LogP contribution < -0.4 is 10.2 Å². The zero-order valence-electron chi connectivity index (χ0n) is 22.2. The molecule has 0 spiro atoms. The lowest BCUT2D eigenvalue weighted by Gasteiger charge is -2.40. The maximum atomic E-state index is 14.5. The van der Waals surface area contributed by atoms with Gasteiger partial charge >= 0.3 is 0 Å². The molecule has 2 unspecified atom stereocenters. The molecule has 0 saturated heterocycles. The Hall–Kier alpha value is -3.67. The second-order valence-corrected chi connectivity index (χ2v) is 10.8. The molecule has 1 fully saturated rings. The lowest BCUT2D eigenvalue weighted by Crippen LogP contribution is -2.52. The lowest BCUT2D eigenvalue weighted by molar-refractivity contribution is -0.127. The number of anilines is 1. The van der Waals surface area contributed by atoms with Crippen LogP contribution in [-0.4, -0.2) is 34.8 Å². The van der Waals surface area contributed by atoms with Crippen molar-refractivity contribution < 1.29 is 14.0 Å². The number of allylic oxidation sites excluding steroid dienone is 2. The number of nitrogens with zero attached hydrogens (tertiary/aromatic N) is 2. The van der Waals surface area contributed by atoms with Gasteiger partial charge < -0.3 is 10.2 Å². The van der Waals surface area contributed by atoms with Crippen LogP contribution in [0.2, 0.25) is 0 Å². The van der Waals surface area contributed by atoms with Gasteiger partial charge in [-0.05, 0) is 74.1 Å². The fourth-order valence-corrected chi connectivity index (χ4v) is 5.95. The summed E-state index contributed by atoms with van der Waals surface area (Å²) in [6.45, 7) is 4.13. The van der Waals surface area contributed by atoms with E-state index in [2.05, 4.69) is 24.4 Å². The number of hydrogen-bond donors (Lipinski definition) is 1. The predicted molar refractivity (Wildman–Crippen MR) is 149 cm³/mol. The van der Waals surface area contributed by atoms with E-state index in [0.29, 0.717) is 5.69 Å². The third kappa shape index (κ3) is 5.17. The first kappa shape index (κ1) is 26.0. The molecule has 2 atom stereocenters. The number of nitrogens with one attached hydrogen (secondary N) is 1. The summed E-state index contributed by atoms with van der Waals surface area (Å²) >= 11 is 0. The van der Waals surface area contributed by atoms with E-state index in [-0.39, 0.29) is 29.9 Å². The normalized spacial score (nSPS) is 21.6. The Morgan fingerprint density at radius 1 is 1.13 bits per heavy atom. The van der Waals surface area contributed by atoms with E-state index in [0.717, 1.165) is 48.8 Å². The Morgan fingerprint density at radius 3 is 2.68 bits per heavy atom. The summed E-state index contributed by atoms with van der Waals surface area (Å²) in [5, 5.41) is 3.24. The van der Waals surface area contributed by atoms with Crippen molar-refractivity contribution in [2.75, 3.05) is 11.4 Å². The number of halogens is 1. The average molecular weight is 514 g/mol. The van der Waals surface area contributed by atoms with Crippen LogP contribution in [0.3, 0.4) is 0 Å². The molecule has 1 heterocycles. The van der Waals surface area contributed by atoms with E-state index in [4.69, 9.17) is 0 Å². The third-order valence-electron chi connectivity index (χ3n) is 8.22. The molecule has 2 aliphatic carbocycles. The number of hydrogen-bond acceptors (Lipinski definition) is 3. The predicted octanol–water partition coefficient (Wildman–Crippen LogP) is 6.13. The number of carbonyl (C=O) groups excluding carboxylic acids is 2. The summed E-state index contributed by atoms with van der Waals surface area (Å²) in [6, 6.07) is 12.8. The van der Waals surface area contributed by atoms with Crippen LogP contribution in [0.5, 0.6) is 0 Å². The highest BCUT2D eigenvalue weighted by molar-refractivity contribution is 6.02. The second kappa shape index (κ2) is 11.0. The first-order valence-corrected chi connectivity index (χ1v) is 13.6. The largest absolute Gasteiger partial charge is 0.358 e. The van der Waals surface area contributed by atoms with Gasteiger partial charge in [0.25, 0.3) is 0 Å². The first-order valence-electron chi connectivity index (χ1n) is 13.6. The molecule has 2 aromatic rings. The minimum absolute atomic E-state index is 0.0633. The Kier molecular flexibility index (Phi) is 7.50. The Bertz CT molecular complexity index is 1290. The highest BCUT2D eigenvalue weighted by Crippen LogP contribution is 2.38. The monoisotopic (exact) mass is 513 g/mol. The zero-order chi connectivity index (χ0) is 26.7. The van der Waals surface area contributed by atoms with E-state index < -0.39 is 11.9 Å². The van der Waals surface area contributed by atoms with Crippen molar-refractivity contribution >= 4 is 17.5 Å². The fraction of sp³-hybridized carbons (Fsp3) is 0.375. The first-order chi connectivity index (χ1) is 18.4. The van der Waals surface area contributed by atoms with Crippen LogP contribution in [-0.2, 0) is 9.59 Å². The van der Waals surface area contributed by atoms with Gasteiger partial charge in [-0.3, -0.25) is 14.5 Å². The summed E-state index contributed by atoms with van der Waals surface area (Å²) in [5.41, 5.74) is 2.83. The van der Waals surface area contributed by atoms with Crippen LogP contribution in [0.25, 0.3) is 0 Å². The molecule has 38 heavy (non-hydrogen) atoms. The maximum Gasteiger partial charge on any atom is 0.248 e. The minimum atomic E-state index is -0.923. The van der Waals surface area contributed by atoms with Crippen LogP contribution >= 0.6 is 0 Å². The smallest absolute Gasteiger partial charge is 0.248 e. The molecule has 0 aromatic heterocycles. The van der Waals surface area contributed by atoms with E-state index >= 15 is 0 Å². The van der Waals surface area contributed by atoms with Crippen molar-refractivity contribution in [1.82, 2.24) is 10.2 Å². The Morgan fingerprint density at radius 2 is 1.92 bits per heavy atom. The molecular weight excluding hydrogens is 477 g/mol. The molecule has 2 aromatic carbocycles. The van der Waals surface area contributed by atoms with Crippen molar-refractivity contribution in [1.29, 1.82) is 0 Å². The highest BCUT2D eigenvalue weighted by Gasteiger charge is 2.41. The number of fused-ring (bicyclic) bond motifs is 1. The average Bonchev–Trinajstić information content (AvgIpc) is 3.24. The Balaban J connectivity index is 1.54. The van der Waals surface area contributed by atoms with Crippen molar-refractivity contribution in [3.05, 3.63) is 102 Å². The van der Waals surface area contributed by atoms with Gasteiger partial charge in [0.15, 0.2) is 0 Å². The van der Waals surface area contributed by atoms with Gasteiger partial charge in [-0.1, -0.05) is 67.8 Å². The zero-order valence-corrected chi connectivity index (χ0v) is 22.2. The summed E-state index contributed by atoms with van der Waals surface area (Å²) < 4.78 is 14.5. The van der Waals surface area contributed by atoms with Gasteiger partial charge in [0, 0.05) is 17.9 Å². The molecule has 6 heteroatoms. The molecule has 1 N–H and O–H groups in total. The second-order valence-electron chi connectivity index (χ2n) is 10.8. The SMILES string of the molecule is Cc1ccccc1C(C(=O)NC1CCCCC1)N(C(=O)CN1C=CC2=CC=CCC21C)c1cccc(F)c1. The molecule has 1 saturated carbocycles. The molecular formula is C32H36FN3O2. The van der Waals surface area contributed by atoms with Crippen molar-refractivity contribution in [3.8, 4) is 0 Å². The summed E-state index contributed by atoms with van der Waals surface area (Å²) in [7, 11) is 0. The lowest BCUT2D eigenvalue weighted by atomic mass is 9.86. The summed E-state index contributed by atoms with van der Waals surface area (Å²) in [4.78, 5) is 31.8. The van der Waals surface area contributed by atoms with Gasteiger partial charge in [0.1, 0.15) is 11.9 Å². The van der Waals surface area contributed by atoms with Crippen molar-refractivity contribution in [2.24, 2.45) is 0 Å². The minimum Gasteiger partial charge on any atom is -0.358 e. The number of amides is 2. The van der Waals surface area contributed by atoms with E-state index in [9.17, 15) is 14.0 Å². The molecule has 2 amide bonds. The third-order valence-corrected chi connectivity index (χ3v) is 8.22. The fourth-order valence-electron chi connectivity index (χ4n) is 5.95. The molecule has 3 aliphatic rings. The highest BCUT2D eigenvalue weighted by atomic mass is 19.1. The van der Waals surface area contributed by atoms with Gasteiger partial charge in [-0.15, -0.1) is 0 Å². The van der Waals surface area contributed by atoms with Crippen molar-refractivity contribution in [3.63, 3.8) is 0 Å². The van der Waals surface area contributed by atoms with Crippen LogP contribution in [0.1, 0.15) is 62.6 Å². The van der Waals surface area contributed by atoms with E-state index in [1.807, 2.05) is 54.4 Å². The molecule has 5 rings (SSSR count). The Labute approximate surface area is 224 Å². The summed E-state index contributed by atoms with van der Waals surface area (Å²) in [6.07, 6.45) is 16.2. The van der Waals surface area contributed by atoms with Crippen LogP contribution in [0, 0.1) is 12.7 Å². The molecule has 0 radical (unpaired) electrons. The van der Waals surface area contributed by atoms with E-state index in [1.54, 1.807) is 12.1 Å². The van der Waals surface area contributed by atoms with Gasteiger partial charge in [-0.25, -0.2) is 4.39 Å². The van der Waals surface area contributed by atoms with Gasteiger partial charge in [-0.2, -0.15) is 0 Å².